The number of nitrogens with two attached hydrogens (primary N) is 1. The van der Waals surface area contributed by atoms with Crippen LogP contribution in [0, 0.1) is 11.8 Å². The molecule has 0 aromatic carbocycles. The van der Waals surface area contributed by atoms with Gasteiger partial charge in [-0.15, -0.1) is 0 Å². The third-order valence-corrected chi connectivity index (χ3v) is 6.25. The Kier molecular flexibility index (Phi) is 12.3. The maximum atomic E-state index is 11.9. The minimum absolute atomic E-state index is 0.00402. The van der Waals surface area contributed by atoms with Crippen molar-refractivity contribution in [3.8, 4) is 0 Å². The fourth-order valence-electron chi connectivity index (χ4n) is 4.17. The molecule has 0 unspecified atom stereocenters. The Bertz CT molecular complexity index is 490. The highest BCUT2D eigenvalue weighted by atomic mass is 16.5. The number of likely N-dealkylation sites (tertiary alicyclic amines) is 2. The van der Waals surface area contributed by atoms with E-state index in [1.54, 1.807) is 0 Å². The van der Waals surface area contributed by atoms with Gasteiger partial charge in [0.2, 0.25) is 11.8 Å². The average molecular weight is 427 g/mol. The summed E-state index contributed by atoms with van der Waals surface area (Å²) in [7, 11) is 0. The van der Waals surface area contributed by atoms with Crippen molar-refractivity contribution in [2.24, 2.45) is 17.6 Å². The van der Waals surface area contributed by atoms with Crippen LogP contribution in [0.4, 0.5) is 0 Å². The second-order valence-corrected chi connectivity index (χ2v) is 8.87. The zero-order valence-electron chi connectivity index (χ0n) is 18.8. The summed E-state index contributed by atoms with van der Waals surface area (Å²) in [6.45, 7) is 10.8. The van der Waals surface area contributed by atoms with Crippen molar-refractivity contribution in [3.05, 3.63) is 0 Å². The number of hydrogen-bond donors (Lipinski definition) is 2. The molecule has 0 radical (unpaired) electrons. The van der Waals surface area contributed by atoms with E-state index in [9.17, 15) is 9.59 Å². The average Bonchev–Trinajstić information content (AvgIpc) is 2.73. The smallest absolute Gasteiger partial charge is 0.245 e. The minimum Gasteiger partial charge on any atom is -0.372 e. The molecule has 0 saturated carbocycles. The van der Waals surface area contributed by atoms with Gasteiger partial charge < -0.3 is 30.3 Å². The molecule has 2 saturated heterocycles. The Morgan fingerprint density at radius 2 is 1.57 bits per heavy atom. The molecule has 2 aliphatic rings. The van der Waals surface area contributed by atoms with Crippen molar-refractivity contribution in [1.29, 1.82) is 0 Å². The Morgan fingerprint density at radius 3 is 2.27 bits per heavy atom. The number of primary amides is 1. The van der Waals surface area contributed by atoms with Crippen LogP contribution in [0.5, 0.6) is 0 Å². The zero-order chi connectivity index (χ0) is 21.6. The van der Waals surface area contributed by atoms with Crippen molar-refractivity contribution in [1.82, 2.24) is 15.1 Å². The van der Waals surface area contributed by atoms with E-state index in [2.05, 4.69) is 22.0 Å². The van der Waals surface area contributed by atoms with Gasteiger partial charge in [-0.25, -0.2) is 0 Å². The predicted molar refractivity (Wildman–Crippen MR) is 117 cm³/mol. The third-order valence-electron chi connectivity index (χ3n) is 6.25. The van der Waals surface area contributed by atoms with Gasteiger partial charge in [0.15, 0.2) is 0 Å². The standard InChI is InChI=1S/C22H42N4O4/c1-19-4-10-26(11-5-19)14-16-30-18-22(28)24-8-3-20-6-12-25(13-7-20)9-2-15-29-17-21(23)27/h19-20H,2-18H2,1H3,(H2,23,27)(H,24,28). The molecule has 30 heavy (non-hydrogen) atoms. The molecule has 8 nitrogen and oxygen atoms in total. The maximum absolute atomic E-state index is 11.9. The maximum Gasteiger partial charge on any atom is 0.245 e. The van der Waals surface area contributed by atoms with Crippen molar-refractivity contribution in [2.75, 3.05) is 72.2 Å². The first-order valence-electron chi connectivity index (χ1n) is 11.7. The lowest BCUT2D eigenvalue weighted by atomic mass is 9.93. The van der Waals surface area contributed by atoms with E-state index in [0.29, 0.717) is 19.1 Å². The summed E-state index contributed by atoms with van der Waals surface area (Å²) in [6.07, 6.45) is 6.83. The largest absolute Gasteiger partial charge is 0.372 e. The third kappa shape index (κ3) is 11.2. The lowest BCUT2D eigenvalue weighted by Crippen LogP contribution is -2.37. The van der Waals surface area contributed by atoms with Crippen molar-refractivity contribution < 1.29 is 19.1 Å². The number of rotatable bonds is 14. The molecule has 0 atom stereocenters. The van der Waals surface area contributed by atoms with Gasteiger partial charge in [-0.05, 0) is 76.5 Å². The molecule has 2 amide bonds. The molecule has 2 rings (SSSR count). The van der Waals surface area contributed by atoms with Crippen LogP contribution in [-0.2, 0) is 19.1 Å². The number of ether oxygens (including phenoxy) is 2. The van der Waals surface area contributed by atoms with Crippen LogP contribution < -0.4 is 11.1 Å². The van der Waals surface area contributed by atoms with Crippen LogP contribution in [0.1, 0.15) is 45.4 Å². The van der Waals surface area contributed by atoms with E-state index in [-0.39, 0.29) is 19.1 Å². The van der Waals surface area contributed by atoms with Crippen LogP contribution in [0.15, 0.2) is 0 Å². The molecular weight excluding hydrogens is 384 g/mol. The molecular formula is C22H42N4O4. The van der Waals surface area contributed by atoms with Gasteiger partial charge in [0, 0.05) is 26.2 Å². The zero-order valence-corrected chi connectivity index (χ0v) is 18.8. The number of nitrogens with one attached hydrogen (secondary N) is 1. The SMILES string of the molecule is CC1CCN(CCOCC(=O)NCCC2CCN(CCCOCC(N)=O)CC2)CC1. The van der Waals surface area contributed by atoms with E-state index in [0.717, 1.165) is 64.6 Å². The second kappa shape index (κ2) is 14.7. The van der Waals surface area contributed by atoms with Gasteiger partial charge in [-0.1, -0.05) is 6.92 Å². The van der Waals surface area contributed by atoms with Crippen molar-refractivity contribution in [3.63, 3.8) is 0 Å². The summed E-state index contributed by atoms with van der Waals surface area (Å²) in [5, 5.41) is 3.00. The van der Waals surface area contributed by atoms with Crippen molar-refractivity contribution in [2.45, 2.75) is 45.4 Å². The first-order valence-corrected chi connectivity index (χ1v) is 11.7. The molecule has 0 aromatic heterocycles. The fraction of sp³-hybridized carbons (Fsp3) is 0.909. The second-order valence-electron chi connectivity index (χ2n) is 8.87. The highest BCUT2D eigenvalue weighted by Gasteiger charge is 2.19. The molecule has 0 aliphatic carbocycles. The van der Waals surface area contributed by atoms with Crippen LogP contribution in [0.2, 0.25) is 0 Å². The Morgan fingerprint density at radius 1 is 0.933 bits per heavy atom. The Balaban J connectivity index is 1.40. The number of hydrogen-bond acceptors (Lipinski definition) is 6. The first kappa shape index (κ1) is 25.0. The highest BCUT2D eigenvalue weighted by molar-refractivity contribution is 5.77. The number of piperidine rings is 2. The molecule has 3 N–H and O–H groups in total. The van der Waals surface area contributed by atoms with Crippen LogP contribution >= 0.6 is 0 Å². The lowest BCUT2D eigenvalue weighted by Gasteiger charge is -2.32. The summed E-state index contributed by atoms with van der Waals surface area (Å²) < 4.78 is 10.8. The summed E-state index contributed by atoms with van der Waals surface area (Å²) in [5.41, 5.74) is 5.04. The summed E-state index contributed by atoms with van der Waals surface area (Å²) in [5.74, 6) is 1.10. The summed E-state index contributed by atoms with van der Waals surface area (Å²) >= 11 is 0. The molecule has 174 valence electrons. The quantitative estimate of drug-likeness (QED) is 0.400. The topological polar surface area (TPSA) is 97.1 Å². The van der Waals surface area contributed by atoms with E-state index >= 15 is 0 Å². The van der Waals surface area contributed by atoms with Gasteiger partial charge >= 0.3 is 0 Å². The van der Waals surface area contributed by atoms with Gasteiger partial charge in [0.05, 0.1) is 6.61 Å². The lowest BCUT2D eigenvalue weighted by molar-refractivity contribution is -0.126. The fourth-order valence-corrected chi connectivity index (χ4v) is 4.17. The molecule has 0 aromatic rings. The van der Waals surface area contributed by atoms with E-state index in [1.165, 1.54) is 25.7 Å². The number of nitrogens with zero attached hydrogens (tertiary/aromatic N) is 2. The van der Waals surface area contributed by atoms with Crippen molar-refractivity contribution >= 4 is 11.8 Å². The van der Waals surface area contributed by atoms with Gasteiger partial charge in [0.25, 0.3) is 0 Å². The first-order chi connectivity index (χ1) is 14.5. The molecule has 2 fully saturated rings. The van der Waals surface area contributed by atoms with E-state index in [1.807, 2.05) is 0 Å². The number of carbonyl (C=O) groups excluding carboxylic acids is 2. The van der Waals surface area contributed by atoms with E-state index < -0.39 is 5.91 Å². The summed E-state index contributed by atoms with van der Waals surface area (Å²) in [6, 6.07) is 0. The number of carbonyl (C=O) groups is 2. The molecule has 2 heterocycles. The Hall–Kier alpha value is -1.22. The molecule has 0 bridgehead atoms. The predicted octanol–water partition coefficient (Wildman–Crippen LogP) is 0.845. The van der Waals surface area contributed by atoms with Gasteiger partial charge in [-0.2, -0.15) is 0 Å². The molecule has 0 spiro atoms. The molecule has 8 heteroatoms. The normalized spacial score (nSPS) is 19.8. The highest BCUT2D eigenvalue weighted by Crippen LogP contribution is 2.20. The summed E-state index contributed by atoms with van der Waals surface area (Å²) in [4.78, 5) is 27.4. The number of amides is 2. The van der Waals surface area contributed by atoms with Crippen LogP contribution in [-0.4, -0.2) is 93.9 Å². The van der Waals surface area contributed by atoms with Crippen LogP contribution in [0.25, 0.3) is 0 Å². The minimum atomic E-state index is -0.415. The monoisotopic (exact) mass is 426 g/mol. The molecule has 2 aliphatic heterocycles. The Labute approximate surface area is 181 Å². The van der Waals surface area contributed by atoms with E-state index in [4.69, 9.17) is 15.2 Å². The van der Waals surface area contributed by atoms with Crippen LogP contribution in [0.3, 0.4) is 0 Å². The van der Waals surface area contributed by atoms with Gasteiger partial charge in [-0.3, -0.25) is 9.59 Å². The van der Waals surface area contributed by atoms with Gasteiger partial charge in [0.1, 0.15) is 13.2 Å².